The fraction of sp³-hybridized carbons (Fsp3) is 0.421. The summed E-state index contributed by atoms with van der Waals surface area (Å²) in [5.41, 5.74) is -3.07. The van der Waals surface area contributed by atoms with Gasteiger partial charge in [0.2, 0.25) is 0 Å². The van der Waals surface area contributed by atoms with Gasteiger partial charge in [-0.2, -0.15) is 13.2 Å². The van der Waals surface area contributed by atoms with Crippen LogP contribution in [0.15, 0.2) is 41.4 Å². The van der Waals surface area contributed by atoms with Gasteiger partial charge in [0.1, 0.15) is 16.2 Å². The third-order valence-corrected chi connectivity index (χ3v) is 6.37. The zero-order valence-electron chi connectivity index (χ0n) is 16.1. The SMILES string of the molecule is CCC(O)(CC)C(S)Oc1c(-c2ccc(C(F)(F)F)cn2)cccc1S(C)(=O)=O. The van der Waals surface area contributed by atoms with E-state index in [2.05, 4.69) is 17.6 Å². The highest BCUT2D eigenvalue weighted by atomic mass is 32.2. The molecule has 0 fully saturated rings. The summed E-state index contributed by atoms with van der Waals surface area (Å²) in [4.78, 5) is 3.65. The van der Waals surface area contributed by atoms with E-state index in [0.717, 1.165) is 18.4 Å². The Labute approximate surface area is 173 Å². The van der Waals surface area contributed by atoms with Crippen LogP contribution in [-0.2, 0) is 16.0 Å². The van der Waals surface area contributed by atoms with E-state index in [1.165, 1.54) is 18.2 Å². The van der Waals surface area contributed by atoms with Gasteiger partial charge in [-0.3, -0.25) is 4.98 Å². The lowest BCUT2D eigenvalue weighted by atomic mass is 9.98. The van der Waals surface area contributed by atoms with E-state index in [4.69, 9.17) is 4.74 Å². The van der Waals surface area contributed by atoms with Crippen molar-refractivity contribution in [2.45, 2.75) is 48.8 Å². The minimum absolute atomic E-state index is 0.0931. The van der Waals surface area contributed by atoms with E-state index in [-0.39, 0.29) is 21.9 Å². The number of alkyl halides is 3. The van der Waals surface area contributed by atoms with Crippen LogP contribution in [0.4, 0.5) is 13.2 Å². The lowest BCUT2D eigenvalue weighted by molar-refractivity contribution is -0.137. The molecule has 29 heavy (non-hydrogen) atoms. The molecule has 0 aliphatic carbocycles. The number of ether oxygens (including phenoxy) is 1. The van der Waals surface area contributed by atoms with E-state index < -0.39 is 32.6 Å². The third kappa shape index (κ3) is 5.23. The number of pyridine rings is 1. The molecule has 0 spiro atoms. The number of sulfone groups is 1. The zero-order chi connectivity index (χ0) is 22.0. The van der Waals surface area contributed by atoms with Crippen LogP contribution in [0.2, 0.25) is 0 Å². The number of para-hydroxylation sites is 1. The second-order valence-electron chi connectivity index (χ2n) is 6.62. The summed E-state index contributed by atoms with van der Waals surface area (Å²) in [5.74, 6) is -0.123. The molecule has 1 heterocycles. The summed E-state index contributed by atoms with van der Waals surface area (Å²) >= 11 is 4.30. The first-order valence-electron chi connectivity index (χ1n) is 8.77. The van der Waals surface area contributed by atoms with Gasteiger partial charge in [-0.15, -0.1) is 12.6 Å². The second-order valence-corrected chi connectivity index (χ2v) is 9.07. The molecule has 10 heteroatoms. The quantitative estimate of drug-likeness (QED) is 0.485. The maximum atomic E-state index is 12.8. The molecule has 0 bridgehead atoms. The Bertz CT molecular complexity index is 956. The van der Waals surface area contributed by atoms with E-state index in [0.29, 0.717) is 19.0 Å². The fourth-order valence-electron chi connectivity index (χ4n) is 2.67. The monoisotopic (exact) mass is 449 g/mol. The van der Waals surface area contributed by atoms with Crippen LogP contribution in [-0.4, -0.2) is 35.8 Å². The van der Waals surface area contributed by atoms with Gasteiger partial charge < -0.3 is 9.84 Å². The molecule has 1 unspecified atom stereocenters. The van der Waals surface area contributed by atoms with E-state index in [1.54, 1.807) is 13.8 Å². The van der Waals surface area contributed by atoms with E-state index >= 15 is 0 Å². The highest BCUT2D eigenvalue weighted by Crippen LogP contribution is 2.39. The molecule has 0 amide bonds. The Balaban J connectivity index is 2.62. The Kier molecular flexibility index (Phi) is 6.91. The maximum absolute atomic E-state index is 12.8. The number of hydrogen-bond donors (Lipinski definition) is 2. The molecule has 0 radical (unpaired) electrons. The molecule has 0 saturated carbocycles. The lowest BCUT2D eigenvalue weighted by Gasteiger charge is -2.32. The summed E-state index contributed by atoms with van der Waals surface area (Å²) in [7, 11) is -3.75. The summed E-state index contributed by atoms with van der Waals surface area (Å²) < 4.78 is 68.8. The Morgan fingerprint density at radius 1 is 1.17 bits per heavy atom. The molecule has 2 rings (SSSR count). The molecule has 0 aliphatic rings. The number of nitrogens with zero attached hydrogens (tertiary/aromatic N) is 1. The van der Waals surface area contributed by atoms with E-state index in [1.807, 2.05) is 0 Å². The number of benzene rings is 1. The third-order valence-electron chi connectivity index (χ3n) is 4.66. The van der Waals surface area contributed by atoms with Crippen LogP contribution in [0.3, 0.4) is 0 Å². The van der Waals surface area contributed by atoms with Crippen LogP contribution in [0.25, 0.3) is 11.3 Å². The first-order valence-corrected chi connectivity index (χ1v) is 11.2. The molecule has 0 saturated heterocycles. The van der Waals surface area contributed by atoms with Gasteiger partial charge in [0.05, 0.1) is 11.3 Å². The number of rotatable bonds is 7. The minimum Gasteiger partial charge on any atom is -0.475 e. The molecular weight excluding hydrogens is 427 g/mol. The average molecular weight is 450 g/mol. The molecule has 2 aromatic rings. The molecular formula is C19H22F3NO4S2. The summed E-state index contributed by atoms with van der Waals surface area (Å²) in [6.45, 7) is 3.47. The maximum Gasteiger partial charge on any atom is 0.417 e. The highest BCUT2D eigenvalue weighted by Gasteiger charge is 2.35. The Morgan fingerprint density at radius 3 is 2.24 bits per heavy atom. The topological polar surface area (TPSA) is 76.5 Å². The van der Waals surface area contributed by atoms with Gasteiger partial charge in [0.25, 0.3) is 0 Å². The van der Waals surface area contributed by atoms with Crippen LogP contribution < -0.4 is 4.74 Å². The van der Waals surface area contributed by atoms with Gasteiger partial charge >= 0.3 is 6.18 Å². The van der Waals surface area contributed by atoms with Crippen molar-refractivity contribution in [3.63, 3.8) is 0 Å². The number of thiol groups is 1. The second kappa shape index (κ2) is 8.53. The first kappa shape index (κ1) is 23.5. The molecule has 160 valence electrons. The smallest absolute Gasteiger partial charge is 0.417 e. The average Bonchev–Trinajstić information content (AvgIpc) is 2.66. The molecule has 1 aromatic heterocycles. The number of aromatic nitrogens is 1. The van der Waals surface area contributed by atoms with Crippen molar-refractivity contribution in [2.24, 2.45) is 0 Å². The van der Waals surface area contributed by atoms with Crippen LogP contribution in [0.5, 0.6) is 5.75 Å². The van der Waals surface area contributed by atoms with E-state index in [9.17, 15) is 26.7 Å². The molecule has 1 N–H and O–H groups in total. The molecule has 1 aromatic carbocycles. The van der Waals surface area contributed by atoms with Crippen molar-refractivity contribution in [3.8, 4) is 17.0 Å². The number of hydrogen-bond acceptors (Lipinski definition) is 6. The Morgan fingerprint density at radius 2 is 1.79 bits per heavy atom. The van der Waals surface area contributed by atoms with Crippen molar-refractivity contribution in [3.05, 3.63) is 42.1 Å². The lowest BCUT2D eigenvalue weighted by Crippen LogP contribution is -2.41. The number of halogens is 3. The summed E-state index contributed by atoms with van der Waals surface area (Å²) in [6.07, 6.45) is -2.30. The van der Waals surface area contributed by atoms with Crippen molar-refractivity contribution >= 4 is 22.5 Å². The van der Waals surface area contributed by atoms with Crippen molar-refractivity contribution < 1.29 is 31.4 Å². The fourth-order valence-corrected chi connectivity index (χ4v) is 3.96. The van der Waals surface area contributed by atoms with Gasteiger partial charge in [0.15, 0.2) is 15.3 Å². The van der Waals surface area contributed by atoms with Gasteiger partial charge in [0, 0.05) is 18.0 Å². The highest BCUT2D eigenvalue weighted by molar-refractivity contribution is 7.90. The summed E-state index contributed by atoms with van der Waals surface area (Å²) in [6, 6.07) is 6.23. The predicted octanol–water partition coefficient (Wildman–Crippen LogP) is 4.36. The van der Waals surface area contributed by atoms with Crippen molar-refractivity contribution in [1.29, 1.82) is 0 Å². The van der Waals surface area contributed by atoms with Crippen LogP contribution >= 0.6 is 12.6 Å². The van der Waals surface area contributed by atoms with Crippen molar-refractivity contribution in [2.75, 3.05) is 6.26 Å². The zero-order valence-corrected chi connectivity index (χ0v) is 17.8. The molecule has 5 nitrogen and oxygen atoms in total. The van der Waals surface area contributed by atoms with Crippen LogP contribution in [0.1, 0.15) is 32.3 Å². The standard InChI is InChI=1S/C19H22F3NO4S2/c1-4-18(24,5-2)17(28)27-16-13(7-6-8-15(16)29(3,25)26)14-10-9-12(11-23-14)19(20,21)22/h6-11,17,24,28H,4-5H2,1-3H3. The summed E-state index contributed by atoms with van der Waals surface area (Å²) in [5, 5.41) is 10.6. The van der Waals surface area contributed by atoms with Crippen molar-refractivity contribution in [1.82, 2.24) is 4.98 Å². The molecule has 1 atom stereocenters. The first-order chi connectivity index (χ1) is 13.3. The van der Waals surface area contributed by atoms with Gasteiger partial charge in [-0.1, -0.05) is 19.9 Å². The molecule has 0 aliphatic heterocycles. The minimum atomic E-state index is -4.55. The van der Waals surface area contributed by atoms with Crippen LogP contribution in [0, 0.1) is 0 Å². The van der Waals surface area contributed by atoms with Gasteiger partial charge in [-0.05, 0) is 37.1 Å². The predicted molar refractivity (Wildman–Crippen MR) is 107 cm³/mol. The largest absolute Gasteiger partial charge is 0.475 e. The van der Waals surface area contributed by atoms with Gasteiger partial charge in [-0.25, -0.2) is 8.42 Å². The Hall–Kier alpha value is -1.78. The number of aliphatic hydroxyl groups is 1. The normalized spacial score (nSPS) is 13.9.